The molecule has 3 N–H and O–H groups in total. The number of piperidine rings is 1. The molecule has 0 radical (unpaired) electrons. The number of Topliss-reactive ketones (excluding diaryl/α,β-unsaturated/α-hetero) is 1. The molecule has 0 unspecified atom stereocenters. The van der Waals surface area contributed by atoms with Gasteiger partial charge in [0.05, 0.1) is 0 Å². The Bertz CT molecular complexity index is 574. The fourth-order valence-corrected chi connectivity index (χ4v) is 4.09. The Kier molecular flexibility index (Phi) is 5.87. The summed E-state index contributed by atoms with van der Waals surface area (Å²) < 4.78 is 13.0. The molecule has 1 saturated carbocycles. The van der Waals surface area contributed by atoms with E-state index in [1.54, 1.807) is 0 Å². The lowest BCUT2D eigenvalue weighted by Crippen LogP contribution is -2.49. The molecule has 0 bridgehead atoms. The second-order valence-corrected chi connectivity index (χ2v) is 7.78. The molecule has 25 heavy (non-hydrogen) atoms. The Morgan fingerprint density at radius 3 is 2.36 bits per heavy atom. The predicted molar refractivity (Wildman–Crippen MR) is 95.9 cm³/mol. The van der Waals surface area contributed by atoms with Gasteiger partial charge in [0.2, 0.25) is 0 Å². The lowest BCUT2D eigenvalue weighted by Gasteiger charge is -2.38. The highest BCUT2D eigenvalue weighted by Crippen LogP contribution is 2.29. The summed E-state index contributed by atoms with van der Waals surface area (Å²) in [5.41, 5.74) is 5.03. The number of nitrogens with two attached hydrogens (primary N) is 1. The Morgan fingerprint density at radius 1 is 1.16 bits per heavy atom. The summed E-state index contributed by atoms with van der Waals surface area (Å²) in [6.07, 6.45) is 6.78. The summed E-state index contributed by atoms with van der Waals surface area (Å²) in [5, 5.41) is 10.7. The van der Waals surface area contributed by atoms with Crippen molar-refractivity contribution in [1.82, 2.24) is 4.90 Å². The van der Waals surface area contributed by atoms with Crippen molar-refractivity contribution in [2.24, 2.45) is 11.7 Å². The van der Waals surface area contributed by atoms with E-state index in [-0.39, 0.29) is 11.6 Å². The van der Waals surface area contributed by atoms with Gasteiger partial charge in [0, 0.05) is 24.7 Å². The summed E-state index contributed by atoms with van der Waals surface area (Å²) in [7, 11) is 0. The van der Waals surface area contributed by atoms with Crippen LogP contribution in [0.1, 0.15) is 55.3 Å². The minimum Gasteiger partial charge on any atom is -0.382 e. The molecule has 1 aromatic carbocycles. The first kappa shape index (κ1) is 18.5. The maximum atomic E-state index is 13.0. The van der Waals surface area contributed by atoms with Crippen LogP contribution in [-0.2, 0) is 0 Å². The number of aliphatic hydroxyl groups is 1. The molecule has 1 heterocycles. The van der Waals surface area contributed by atoms with Crippen molar-refractivity contribution in [3.05, 3.63) is 35.6 Å². The number of rotatable bonds is 5. The first-order chi connectivity index (χ1) is 12.0. The smallest absolute Gasteiger partial charge is 0.194 e. The van der Waals surface area contributed by atoms with Gasteiger partial charge in [-0.1, -0.05) is 0 Å². The zero-order valence-corrected chi connectivity index (χ0v) is 14.8. The van der Waals surface area contributed by atoms with Gasteiger partial charge in [-0.2, -0.15) is 0 Å². The summed E-state index contributed by atoms with van der Waals surface area (Å²) in [5.74, 6) is 0.108. The lowest BCUT2D eigenvalue weighted by atomic mass is 9.82. The molecule has 2 aliphatic rings. The molecule has 0 atom stereocenters. The van der Waals surface area contributed by atoms with Crippen LogP contribution in [-0.4, -0.2) is 47.1 Å². The molecule has 5 heteroatoms. The SMILES string of the molecule is NC1CCC(CCN2CCC(O)(C(=O)c3ccc(F)cc3)CC2)CC1. The monoisotopic (exact) mass is 348 g/mol. The van der Waals surface area contributed by atoms with Crippen LogP contribution in [0.25, 0.3) is 0 Å². The van der Waals surface area contributed by atoms with Crippen molar-refractivity contribution >= 4 is 5.78 Å². The molecule has 138 valence electrons. The second-order valence-electron chi connectivity index (χ2n) is 7.78. The van der Waals surface area contributed by atoms with Crippen LogP contribution in [0.2, 0.25) is 0 Å². The van der Waals surface area contributed by atoms with Crippen LogP contribution in [0, 0.1) is 11.7 Å². The Morgan fingerprint density at radius 2 is 1.76 bits per heavy atom. The first-order valence-electron chi connectivity index (χ1n) is 9.47. The number of nitrogens with zero attached hydrogens (tertiary/aromatic N) is 1. The normalized spacial score (nSPS) is 27.2. The van der Waals surface area contributed by atoms with Crippen molar-refractivity contribution in [2.75, 3.05) is 19.6 Å². The summed E-state index contributed by atoms with van der Waals surface area (Å²) >= 11 is 0. The zero-order valence-electron chi connectivity index (χ0n) is 14.8. The maximum Gasteiger partial charge on any atom is 0.194 e. The van der Waals surface area contributed by atoms with Crippen molar-refractivity contribution in [3.63, 3.8) is 0 Å². The minimum atomic E-state index is -1.31. The topological polar surface area (TPSA) is 66.6 Å². The number of halogens is 1. The van der Waals surface area contributed by atoms with E-state index in [0.717, 1.165) is 38.4 Å². The van der Waals surface area contributed by atoms with Gasteiger partial charge < -0.3 is 15.7 Å². The van der Waals surface area contributed by atoms with Gasteiger partial charge in [-0.3, -0.25) is 4.79 Å². The Hall–Kier alpha value is -1.30. The van der Waals surface area contributed by atoms with Crippen LogP contribution in [0.5, 0.6) is 0 Å². The van der Waals surface area contributed by atoms with E-state index in [1.807, 2.05) is 0 Å². The third-order valence-electron chi connectivity index (χ3n) is 5.96. The summed E-state index contributed by atoms with van der Waals surface area (Å²) in [6, 6.07) is 5.83. The largest absolute Gasteiger partial charge is 0.382 e. The van der Waals surface area contributed by atoms with E-state index in [0.29, 0.717) is 24.4 Å². The molecule has 0 spiro atoms. The van der Waals surface area contributed by atoms with E-state index >= 15 is 0 Å². The Balaban J connectivity index is 1.47. The average Bonchev–Trinajstić information content (AvgIpc) is 2.63. The van der Waals surface area contributed by atoms with Crippen LogP contribution in [0.3, 0.4) is 0 Å². The van der Waals surface area contributed by atoms with Crippen LogP contribution >= 0.6 is 0 Å². The molecule has 0 amide bonds. The molecule has 4 nitrogen and oxygen atoms in total. The number of benzene rings is 1. The van der Waals surface area contributed by atoms with Gasteiger partial charge in [-0.05, 0) is 81.7 Å². The van der Waals surface area contributed by atoms with Crippen LogP contribution in [0.4, 0.5) is 4.39 Å². The van der Waals surface area contributed by atoms with Crippen LogP contribution in [0.15, 0.2) is 24.3 Å². The van der Waals surface area contributed by atoms with Gasteiger partial charge >= 0.3 is 0 Å². The fraction of sp³-hybridized carbons (Fsp3) is 0.650. The third-order valence-corrected chi connectivity index (χ3v) is 5.96. The highest BCUT2D eigenvalue weighted by Gasteiger charge is 2.39. The molecule has 3 rings (SSSR count). The van der Waals surface area contributed by atoms with Crippen LogP contribution < -0.4 is 5.73 Å². The van der Waals surface area contributed by atoms with Gasteiger partial charge in [0.15, 0.2) is 5.78 Å². The zero-order chi connectivity index (χ0) is 17.9. The highest BCUT2D eigenvalue weighted by molar-refractivity contribution is 6.02. The van der Waals surface area contributed by atoms with Gasteiger partial charge in [0.1, 0.15) is 11.4 Å². The first-order valence-corrected chi connectivity index (χ1v) is 9.47. The van der Waals surface area contributed by atoms with E-state index < -0.39 is 5.60 Å². The molecular weight excluding hydrogens is 319 g/mol. The fourth-order valence-electron chi connectivity index (χ4n) is 4.09. The number of carbonyl (C=O) groups excluding carboxylic acids is 1. The van der Waals surface area contributed by atoms with Gasteiger partial charge in [-0.25, -0.2) is 4.39 Å². The van der Waals surface area contributed by atoms with Gasteiger partial charge in [-0.15, -0.1) is 0 Å². The average molecular weight is 348 g/mol. The molecule has 2 fully saturated rings. The second kappa shape index (κ2) is 7.94. The van der Waals surface area contributed by atoms with E-state index in [4.69, 9.17) is 5.73 Å². The van der Waals surface area contributed by atoms with E-state index in [1.165, 1.54) is 43.5 Å². The number of carbonyl (C=O) groups is 1. The molecule has 1 aliphatic heterocycles. The van der Waals surface area contributed by atoms with E-state index in [2.05, 4.69) is 4.90 Å². The third kappa shape index (κ3) is 4.66. The lowest BCUT2D eigenvalue weighted by molar-refractivity contribution is -0.00736. The van der Waals surface area contributed by atoms with E-state index in [9.17, 15) is 14.3 Å². The maximum absolute atomic E-state index is 13.0. The Labute approximate surface area is 149 Å². The van der Waals surface area contributed by atoms with Gasteiger partial charge in [0.25, 0.3) is 0 Å². The number of ketones is 1. The molecule has 0 aromatic heterocycles. The highest BCUT2D eigenvalue weighted by atomic mass is 19.1. The number of likely N-dealkylation sites (tertiary alicyclic amines) is 1. The summed E-state index contributed by atoms with van der Waals surface area (Å²) in [6.45, 7) is 2.49. The molecule has 1 aromatic rings. The molecule has 1 aliphatic carbocycles. The summed E-state index contributed by atoms with van der Waals surface area (Å²) in [4.78, 5) is 14.9. The van der Waals surface area contributed by atoms with Crippen molar-refractivity contribution in [2.45, 2.75) is 56.6 Å². The van der Waals surface area contributed by atoms with Crippen molar-refractivity contribution < 1.29 is 14.3 Å². The quantitative estimate of drug-likeness (QED) is 0.803. The number of hydrogen-bond acceptors (Lipinski definition) is 4. The minimum absolute atomic E-state index is 0.284. The number of hydrogen-bond donors (Lipinski definition) is 2. The molecular formula is C20H29FN2O2. The standard InChI is InChI=1S/C20H29FN2O2/c21-17-5-3-16(4-6-17)19(24)20(25)10-13-23(14-11-20)12-9-15-1-7-18(22)8-2-15/h3-6,15,18,25H,1-2,7-14,22H2. The molecule has 1 saturated heterocycles. The predicted octanol–water partition coefficient (Wildman–Crippen LogP) is 2.74. The van der Waals surface area contributed by atoms with Crippen molar-refractivity contribution in [3.8, 4) is 0 Å². The van der Waals surface area contributed by atoms with Crippen molar-refractivity contribution in [1.29, 1.82) is 0 Å².